The van der Waals surface area contributed by atoms with Gasteiger partial charge in [-0.05, 0) is 12.5 Å². The Labute approximate surface area is 83.5 Å². The maximum absolute atomic E-state index is 11.3. The molecule has 1 aliphatic heterocycles. The standard InChI is InChI=1S/C10H15NO3/c1-4-8-5-11(10(13)14-3)9(6-12)7(8)2/h4,6-7,9H,5H2,1-3H3/b8-4+/t7-,9+/m1/s1. The number of aldehydes is 1. The van der Waals surface area contributed by atoms with Gasteiger partial charge in [0.05, 0.1) is 13.2 Å². The van der Waals surface area contributed by atoms with Crippen LogP contribution in [0.4, 0.5) is 4.79 Å². The molecule has 1 aliphatic rings. The van der Waals surface area contributed by atoms with E-state index in [1.165, 1.54) is 12.0 Å². The van der Waals surface area contributed by atoms with Gasteiger partial charge in [-0.25, -0.2) is 4.79 Å². The maximum atomic E-state index is 11.3. The van der Waals surface area contributed by atoms with E-state index < -0.39 is 6.09 Å². The van der Waals surface area contributed by atoms with Crippen LogP contribution in [0.1, 0.15) is 13.8 Å². The molecule has 0 radical (unpaired) electrons. The SMILES string of the molecule is C/C=C1\CN(C(=O)OC)[C@@H](C=O)[C@@H]1C. The van der Waals surface area contributed by atoms with Crippen molar-refractivity contribution in [3.8, 4) is 0 Å². The molecule has 1 saturated heterocycles. The van der Waals surface area contributed by atoms with E-state index in [1.807, 2.05) is 19.9 Å². The molecule has 78 valence electrons. The number of methoxy groups -OCH3 is 1. The van der Waals surface area contributed by atoms with Gasteiger partial charge in [0.15, 0.2) is 0 Å². The lowest BCUT2D eigenvalue weighted by atomic mass is 9.99. The van der Waals surface area contributed by atoms with Crippen LogP contribution in [0.5, 0.6) is 0 Å². The molecule has 0 aromatic rings. The third-order valence-corrected chi connectivity index (χ3v) is 2.73. The van der Waals surface area contributed by atoms with Gasteiger partial charge in [0, 0.05) is 12.5 Å². The highest BCUT2D eigenvalue weighted by Crippen LogP contribution is 2.28. The minimum atomic E-state index is -0.439. The second-order valence-corrected chi connectivity index (χ2v) is 3.38. The molecule has 4 heteroatoms. The third kappa shape index (κ3) is 1.64. The van der Waals surface area contributed by atoms with E-state index >= 15 is 0 Å². The summed E-state index contributed by atoms with van der Waals surface area (Å²) in [5, 5.41) is 0. The lowest BCUT2D eigenvalue weighted by Crippen LogP contribution is -2.38. The van der Waals surface area contributed by atoms with Gasteiger partial charge in [-0.1, -0.05) is 13.0 Å². The number of carbonyl (C=O) groups excluding carboxylic acids is 2. The van der Waals surface area contributed by atoms with E-state index in [0.29, 0.717) is 6.54 Å². The van der Waals surface area contributed by atoms with E-state index in [1.54, 1.807) is 0 Å². The first-order chi connectivity index (χ1) is 6.65. The van der Waals surface area contributed by atoms with Crippen molar-refractivity contribution < 1.29 is 14.3 Å². The summed E-state index contributed by atoms with van der Waals surface area (Å²) in [6.45, 7) is 4.35. The predicted octanol–water partition coefficient (Wildman–Crippen LogP) is 1.22. The zero-order chi connectivity index (χ0) is 10.7. The van der Waals surface area contributed by atoms with Crippen LogP contribution in [0.25, 0.3) is 0 Å². The smallest absolute Gasteiger partial charge is 0.410 e. The molecule has 0 aliphatic carbocycles. The Hall–Kier alpha value is -1.32. The van der Waals surface area contributed by atoms with E-state index in [0.717, 1.165) is 11.9 Å². The summed E-state index contributed by atoms with van der Waals surface area (Å²) in [6, 6.07) is -0.381. The molecular weight excluding hydrogens is 182 g/mol. The Kier molecular flexibility index (Phi) is 3.28. The fourth-order valence-electron chi connectivity index (χ4n) is 1.78. The number of carbonyl (C=O) groups is 2. The van der Waals surface area contributed by atoms with E-state index in [4.69, 9.17) is 0 Å². The molecule has 1 heterocycles. The Morgan fingerprint density at radius 2 is 2.29 bits per heavy atom. The Bertz CT molecular complexity index is 273. The summed E-state index contributed by atoms with van der Waals surface area (Å²) in [6.07, 6.45) is 2.31. The molecule has 4 nitrogen and oxygen atoms in total. The van der Waals surface area contributed by atoms with Gasteiger partial charge in [0.1, 0.15) is 6.29 Å². The highest BCUT2D eigenvalue weighted by molar-refractivity contribution is 5.75. The molecule has 0 aromatic heterocycles. The number of hydrogen-bond donors (Lipinski definition) is 0. The van der Waals surface area contributed by atoms with Crippen molar-refractivity contribution in [2.75, 3.05) is 13.7 Å². The quantitative estimate of drug-likeness (QED) is 0.469. The Morgan fingerprint density at radius 3 is 2.71 bits per heavy atom. The highest BCUT2D eigenvalue weighted by Gasteiger charge is 2.37. The summed E-state index contributed by atoms with van der Waals surface area (Å²) in [4.78, 5) is 23.6. The lowest BCUT2D eigenvalue weighted by Gasteiger charge is -2.19. The molecule has 0 bridgehead atoms. The summed E-state index contributed by atoms with van der Waals surface area (Å²) in [5.74, 6) is 0.0941. The first-order valence-corrected chi connectivity index (χ1v) is 4.60. The van der Waals surface area contributed by atoms with E-state index in [-0.39, 0.29) is 12.0 Å². The van der Waals surface area contributed by atoms with E-state index in [9.17, 15) is 9.59 Å². The molecule has 0 unspecified atom stereocenters. The van der Waals surface area contributed by atoms with Crippen molar-refractivity contribution in [1.29, 1.82) is 0 Å². The summed E-state index contributed by atoms with van der Waals surface area (Å²) in [7, 11) is 1.32. The van der Waals surface area contributed by atoms with Crippen molar-refractivity contribution in [2.24, 2.45) is 5.92 Å². The molecule has 1 rings (SSSR count). The molecule has 0 aromatic carbocycles. The van der Waals surface area contributed by atoms with Crippen LogP contribution in [0.15, 0.2) is 11.6 Å². The Balaban J connectivity index is 2.88. The van der Waals surface area contributed by atoms with Crippen LogP contribution in [0.2, 0.25) is 0 Å². The fourth-order valence-corrected chi connectivity index (χ4v) is 1.78. The van der Waals surface area contributed by atoms with Gasteiger partial charge < -0.3 is 9.53 Å². The number of amides is 1. The average Bonchev–Trinajstić information content (AvgIpc) is 2.53. The average molecular weight is 197 g/mol. The number of likely N-dealkylation sites (tertiary alicyclic amines) is 1. The molecule has 1 fully saturated rings. The second-order valence-electron chi connectivity index (χ2n) is 3.38. The molecule has 1 amide bonds. The fraction of sp³-hybridized carbons (Fsp3) is 0.600. The van der Waals surface area contributed by atoms with Crippen LogP contribution < -0.4 is 0 Å². The molecule has 14 heavy (non-hydrogen) atoms. The minimum absolute atomic E-state index is 0.0941. The number of hydrogen-bond acceptors (Lipinski definition) is 3. The van der Waals surface area contributed by atoms with Crippen LogP contribution in [-0.4, -0.2) is 37.0 Å². The molecule has 2 atom stereocenters. The number of rotatable bonds is 1. The zero-order valence-electron chi connectivity index (χ0n) is 8.69. The monoisotopic (exact) mass is 197 g/mol. The van der Waals surface area contributed by atoms with Crippen LogP contribution in [0, 0.1) is 5.92 Å². The van der Waals surface area contributed by atoms with Gasteiger partial charge in [-0.15, -0.1) is 0 Å². The summed E-state index contributed by atoms with van der Waals surface area (Å²) in [5.41, 5.74) is 1.10. The zero-order valence-corrected chi connectivity index (χ0v) is 8.69. The van der Waals surface area contributed by atoms with Crippen molar-refractivity contribution in [3.05, 3.63) is 11.6 Å². The maximum Gasteiger partial charge on any atom is 0.410 e. The third-order valence-electron chi connectivity index (χ3n) is 2.73. The van der Waals surface area contributed by atoms with Gasteiger partial charge in [0.25, 0.3) is 0 Å². The molecular formula is C10H15NO3. The predicted molar refractivity (Wildman–Crippen MR) is 51.9 cm³/mol. The first kappa shape index (κ1) is 10.8. The molecule has 0 N–H and O–H groups in total. The highest BCUT2D eigenvalue weighted by atomic mass is 16.5. The van der Waals surface area contributed by atoms with Crippen molar-refractivity contribution in [1.82, 2.24) is 4.90 Å². The number of allylic oxidation sites excluding steroid dienone is 1. The normalized spacial score (nSPS) is 29.4. The first-order valence-electron chi connectivity index (χ1n) is 4.60. The molecule has 0 spiro atoms. The Morgan fingerprint density at radius 1 is 1.64 bits per heavy atom. The number of ether oxygens (including phenoxy) is 1. The van der Waals surface area contributed by atoms with E-state index in [2.05, 4.69) is 4.74 Å². The largest absolute Gasteiger partial charge is 0.453 e. The van der Waals surface area contributed by atoms with Crippen molar-refractivity contribution in [3.63, 3.8) is 0 Å². The van der Waals surface area contributed by atoms with Crippen LogP contribution in [0.3, 0.4) is 0 Å². The lowest BCUT2D eigenvalue weighted by molar-refractivity contribution is -0.112. The van der Waals surface area contributed by atoms with Crippen molar-refractivity contribution in [2.45, 2.75) is 19.9 Å². The topological polar surface area (TPSA) is 46.6 Å². The van der Waals surface area contributed by atoms with Gasteiger partial charge in [0.2, 0.25) is 0 Å². The van der Waals surface area contributed by atoms with Gasteiger partial charge in [-0.3, -0.25) is 4.90 Å². The van der Waals surface area contributed by atoms with Crippen molar-refractivity contribution >= 4 is 12.4 Å². The minimum Gasteiger partial charge on any atom is -0.453 e. The summed E-state index contributed by atoms with van der Waals surface area (Å²) >= 11 is 0. The van der Waals surface area contributed by atoms with Crippen LogP contribution in [-0.2, 0) is 9.53 Å². The van der Waals surface area contributed by atoms with Gasteiger partial charge in [-0.2, -0.15) is 0 Å². The number of nitrogens with zero attached hydrogens (tertiary/aromatic N) is 1. The van der Waals surface area contributed by atoms with Gasteiger partial charge >= 0.3 is 6.09 Å². The summed E-state index contributed by atoms with van der Waals surface area (Å²) < 4.78 is 4.61. The van der Waals surface area contributed by atoms with Crippen LogP contribution >= 0.6 is 0 Å². The second kappa shape index (κ2) is 4.26. The molecule has 0 saturated carbocycles.